The maximum absolute atomic E-state index is 9.18. The van der Waals surface area contributed by atoms with Crippen molar-refractivity contribution in [1.29, 1.82) is 0 Å². The molecule has 0 unspecified atom stereocenters. The Morgan fingerprint density at radius 2 is 2.19 bits per heavy atom. The van der Waals surface area contributed by atoms with Gasteiger partial charge in [-0.2, -0.15) is 0 Å². The summed E-state index contributed by atoms with van der Waals surface area (Å²) in [5.74, 6) is 1.96. The molecule has 0 saturated heterocycles. The monoisotopic (exact) mass is 241 g/mol. The maximum Gasteiger partial charge on any atom is 0.135 e. The summed E-state index contributed by atoms with van der Waals surface area (Å²) in [6, 6.07) is 1.69. The molecule has 1 fully saturated rings. The second-order valence-corrected chi connectivity index (χ2v) is 5.26. The lowest BCUT2D eigenvalue weighted by molar-refractivity contribution is 0.234. The first kappa shape index (κ1) is 11.6. The van der Waals surface area contributed by atoms with E-state index in [1.54, 1.807) is 6.07 Å². The highest BCUT2D eigenvalue weighted by Gasteiger charge is 2.27. The molecule has 16 heavy (non-hydrogen) atoms. The lowest BCUT2D eigenvalue weighted by Crippen LogP contribution is -2.35. The maximum atomic E-state index is 9.18. The minimum absolute atomic E-state index is 0.0351. The third kappa shape index (κ3) is 2.83. The van der Waals surface area contributed by atoms with Gasteiger partial charge in [0, 0.05) is 12.0 Å². The smallest absolute Gasteiger partial charge is 0.135 e. The third-order valence-electron chi connectivity index (χ3n) is 2.52. The van der Waals surface area contributed by atoms with Crippen LogP contribution in [0.5, 0.6) is 0 Å². The minimum Gasteiger partial charge on any atom is -0.394 e. The molecule has 0 amide bonds. The fourth-order valence-electron chi connectivity index (χ4n) is 1.41. The van der Waals surface area contributed by atoms with Gasteiger partial charge in [-0.3, -0.25) is 0 Å². The van der Waals surface area contributed by atoms with Gasteiger partial charge in [0.25, 0.3) is 0 Å². The van der Waals surface area contributed by atoms with E-state index in [9.17, 15) is 5.11 Å². The van der Waals surface area contributed by atoms with Gasteiger partial charge in [-0.1, -0.05) is 11.6 Å². The van der Waals surface area contributed by atoms with Crippen LogP contribution in [0, 0.1) is 0 Å². The van der Waals surface area contributed by atoms with Crippen molar-refractivity contribution < 1.29 is 5.11 Å². The number of nitrogens with one attached hydrogen (secondary N) is 1. The quantitative estimate of drug-likeness (QED) is 0.794. The Hall–Kier alpha value is -0.870. The molecule has 1 saturated carbocycles. The minimum atomic E-state index is -0.404. The number of hydrogen-bond acceptors (Lipinski definition) is 4. The van der Waals surface area contributed by atoms with Gasteiger partial charge in [-0.15, -0.1) is 0 Å². The number of aliphatic hydroxyl groups excluding tert-OH is 1. The predicted octanol–water partition coefficient (Wildman–Crippen LogP) is 2.19. The van der Waals surface area contributed by atoms with E-state index in [2.05, 4.69) is 15.3 Å². The van der Waals surface area contributed by atoms with Crippen molar-refractivity contribution in [2.45, 2.75) is 38.1 Å². The Morgan fingerprint density at radius 3 is 2.75 bits per heavy atom. The van der Waals surface area contributed by atoms with Crippen LogP contribution in [0.1, 0.15) is 38.4 Å². The number of anilines is 1. The fourth-order valence-corrected chi connectivity index (χ4v) is 1.60. The van der Waals surface area contributed by atoms with Crippen LogP contribution in [0.3, 0.4) is 0 Å². The zero-order valence-electron chi connectivity index (χ0n) is 9.50. The lowest BCUT2D eigenvalue weighted by Gasteiger charge is -2.24. The molecule has 0 atom stereocenters. The van der Waals surface area contributed by atoms with E-state index < -0.39 is 5.54 Å². The van der Waals surface area contributed by atoms with Gasteiger partial charge in [-0.25, -0.2) is 9.97 Å². The van der Waals surface area contributed by atoms with Gasteiger partial charge in [0.1, 0.15) is 16.8 Å². The summed E-state index contributed by atoms with van der Waals surface area (Å²) in [6.45, 7) is 3.84. The SMILES string of the molecule is CC(C)(CO)Nc1cc(Cl)nc(C2CC2)n1. The second-order valence-electron chi connectivity index (χ2n) is 4.88. The van der Waals surface area contributed by atoms with E-state index in [1.807, 2.05) is 13.8 Å². The second kappa shape index (κ2) is 4.18. The molecule has 0 aromatic carbocycles. The molecule has 88 valence electrons. The predicted molar refractivity (Wildman–Crippen MR) is 63.8 cm³/mol. The Balaban J connectivity index is 2.20. The third-order valence-corrected chi connectivity index (χ3v) is 2.71. The summed E-state index contributed by atoms with van der Waals surface area (Å²) in [5.41, 5.74) is -0.404. The molecule has 1 aromatic heterocycles. The summed E-state index contributed by atoms with van der Waals surface area (Å²) in [5, 5.41) is 12.8. The Morgan fingerprint density at radius 1 is 1.50 bits per heavy atom. The van der Waals surface area contributed by atoms with Crippen LogP contribution in [-0.4, -0.2) is 27.2 Å². The number of aliphatic hydroxyl groups is 1. The van der Waals surface area contributed by atoms with E-state index in [0.29, 0.717) is 16.9 Å². The Labute approximate surface area is 100 Å². The van der Waals surface area contributed by atoms with Crippen LogP contribution in [-0.2, 0) is 0 Å². The van der Waals surface area contributed by atoms with Crippen LogP contribution < -0.4 is 5.32 Å². The number of hydrogen-bond donors (Lipinski definition) is 2. The van der Waals surface area contributed by atoms with Crippen molar-refractivity contribution >= 4 is 17.4 Å². The molecule has 2 N–H and O–H groups in total. The molecule has 1 aromatic rings. The van der Waals surface area contributed by atoms with Crippen molar-refractivity contribution in [3.05, 3.63) is 17.0 Å². The van der Waals surface area contributed by atoms with Crippen LogP contribution in [0.15, 0.2) is 6.07 Å². The highest BCUT2D eigenvalue weighted by molar-refractivity contribution is 6.29. The van der Waals surface area contributed by atoms with Crippen molar-refractivity contribution in [2.75, 3.05) is 11.9 Å². The molecule has 0 bridgehead atoms. The average molecular weight is 242 g/mol. The van der Waals surface area contributed by atoms with Gasteiger partial charge < -0.3 is 10.4 Å². The largest absolute Gasteiger partial charge is 0.394 e. The average Bonchev–Trinajstić information content (AvgIpc) is 2.99. The number of nitrogens with zero attached hydrogens (tertiary/aromatic N) is 2. The first-order chi connectivity index (χ1) is 7.50. The zero-order chi connectivity index (χ0) is 11.8. The van der Waals surface area contributed by atoms with E-state index in [-0.39, 0.29) is 6.61 Å². The van der Waals surface area contributed by atoms with E-state index in [0.717, 1.165) is 18.7 Å². The molecule has 2 rings (SSSR count). The highest BCUT2D eigenvalue weighted by Crippen LogP contribution is 2.38. The lowest BCUT2D eigenvalue weighted by atomic mass is 10.1. The standard InChI is InChI=1S/C11H16ClN3O/c1-11(2,6-16)15-9-5-8(12)13-10(14-9)7-3-4-7/h5,7,16H,3-4,6H2,1-2H3,(H,13,14,15). The first-order valence-electron chi connectivity index (χ1n) is 5.44. The van der Waals surface area contributed by atoms with Crippen LogP contribution in [0.25, 0.3) is 0 Å². The topological polar surface area (TPSA) is 58.0 Å². The van der Waals surface area contributed by atoms with Gasteiger partial charge in [0.2, 0.25) is 0 Å². The van der Waals surface area contributed by atoms with Crippen molar-refractivity contribution in [3.63, 3.8) is 0 Å². The van der Waals surface area contributed by atoms with Gasteiger partial charge in [0.05, 0.1) is 12.1 Å². The number of rotatable bonds is 4. The molecule has 5 heteroatoms. The fraction of sp³-hybridized carbons (Fsp3) is 0.636. The molecule has 0 aliphatic heterocycles. The van der Waals surface area contributed by atoms with E-state index in [1.165, 1.54) is 0 Å². The van der Waals surface area contributed by atoms with Gasteiger partial charge in [0.15, 0.2) is 0 Å². The normalized spacial score (nSPS) is 16.2. The molecule has 0 radical (unpaired) electrons. The van der Waals surface area contributed by atoms with Crippen molar-refractivity contribution in [3.8, 4) is 0 Å². The molecular weight excluding hydrogens is 226 g/mol. The molecule has 1 aliphatic rings. The summed E-state index contributed by atoms with van der Waals surface area (Å²) >= 11 is 5.94. The molecular formula is C11H16ClN3O. The van der Waals surface area contributed by atoms with Crippen LogP contribution in [0.4, 0.5) is 5.82 Å². The Kier molecular flexibility index (Phi) is 3.04. The Bertz CT molecular complexity index is 391. The van der Waals surface area contributed by atoms with E-state index in [4.69, 9.17) is 11.6 Å². The van der Waals surface area contributed by atoms with Crippen molar-refractivity contribution in [1.82, 2.24) is 9.97 Å². The summed E-state index contributed by atoms with van der Waals surface area (Å²) in [6.07, 6.45) is 2.28. The van der Waals surface area contributed by atoms with Crippen LogP contribution in [0.2, 0.25) is 5.15 Å². The van der Waals surface area contributed by atoms with Gasteiger partial charge >= 0.3 is 0 Å². The van der Waals surface area contributed by atoms with Gasteiger partial charge in [-0.05, 0) is 26.7 Å². The van der Waals surface area contributed by atoms with Crippen LogP contribution >= 0.6 is 11.6 Å². The number of aromatic nitrogens is 2. The first-order valence-corrected chi connectivity index (χ1v) is 5.81. The molecule has 1 heterocycles. The molecule has 1 aliphatic carbocycles. The molecule has 4 nitrogen and oxygen atoms in total. The summed E-state index contributed by atoms with van der Waals surface area (Å²) in [7, 11) is 0. The number of halogens is 1. The highest BCUT2D eigenvalue weighted by atomic mass is 35.5. The van der Waals surface area contributed by atoms with Crippen molar-refractivity contribution in [2.24, 2.45) is 0 Å². The van der Waals surface area contributed by atoms with E-state index >= 15 is 0 Å². The summed E-state index contributed by atoms with van der Waals surface area (Å²) in [4.78, 5) is 8.61. The molecule has 0 spiro atoms. The zero-order valence-corrected chi connectivity index (χ0v) is 10.3. The summed E-state index contributed by atoms with van der Waals surface area (Å²) < 4.78 is 0.